The highest BCUT2D eigenvalue weighted by Gasteiger charge is 2.17. The van der Waals surface area contributed by atoms with Crippen molar-refractivity contribution in [2.75, 3.05) is 5.32 Å². The van der Waals surface area contributed by atoms with Crippen LogP contribution < -0.4 is 5.32 Å². The Morgan fingerprint density at radius 3 is 2.78 bits per heavy atom. The monoisotopic (exact) mass is 309 g/mol. The number of aromatic nitrogens is 4. The highest BCUT2D eigenvalue weighted by molar-refractivity contribution is 5.93. The molecule has 0 radical (unpaired) electrons. The summed E-state index contributed by atoms with van der Waals surface area (Å²) in [6.45, 7) is 4.44. The van der Waals surface area contributed by atoms with E-state index in [4.69, 9.17) is 0 Å². The van der Waals surface area contributed by atoms with Crippen LogP contribution in [-0.4, -0.2) is 25.5 Å². The molecule has 0 aliphatic rings. The average molecular weight is 309 g/mol. The molecule has 1 aromatic carbocycles. The van der Waals surface area contributed by atoms with Crippen LogP contribution in [-0.2, 0) is 11.3 Å². The molecule has 1 atom stereocenters. The lowest BCUT2D eigenvalue weighted by Gasteiger charge is -2.15. The van der Waals surface area contributed by atoms with Crippen LogP contribution >= 0.6 is 0 Å². The minimum absolute atomic E-state index is 0.0898. The molecule has 118 valence electrons. The van der Waals surface area contributed by atoms with Gasteiger partial charge in [-0.15, -0.1) is 0 Å². The van der Waals surface area contributed by atoms with E-state index in [-0.39, 0.29) is 11.9 Å². The van der Waals surface area contributed by atoms with Gasteiger partial charge < -0.3 is 5.32 Å². The summed E-state index contributed by atoms with van der Waals surface area (Å²) in [7, 11) is 0. The fraction of sp³-hybridized carbons (Fsp3) is 0.235. The summed E-state index contributed by atoms with van der Waals surface area (Å²) in [6, 6.07) is 11.2. The van der Waals surface area contributed by atoms with Crippen LogP contribution in [0.1, 0.15) is 24.2 Å². The molecule has 6 nitrogen and oxygen atoms in total. The van der Waals surface area contributed by atoms with Crippen LogP contribution in [0.2, 0.25) is 0 Å². The Morgan fingerprint density at radius 2 is 2.09 bits per heavy atom. The van der Waals surface area contributed by atoms with Gasteiger partial charge in [0.15, 0.2) is 0 Å². The van der Waals surface area contributed by atoms with E-state index in [9.17, 15) is 4.79 Å². The van der Waals surface area contributed by atoms with E-state index in [1.54, 1.807) is 17.1 Å². The van der Waals surface area contributed by atoms with Gasteiger partial charge in [-0.1, -0.05) is 12.1 Å². The zero-order chi connectivity index (χ0) is 16.2. The van der Waals surface area contributed by atoms with Crippen molar-refractivity contribution in [3.63, 3.8) is 0 Å². The number of benzene rings is 1. The SMILES string of the molecule is Cc1ccnn1C(C)C(=O)Nc1cccc(Cn2cccn2)c1. The maximum atomic E-state index is 12.4. The van der Waals surface area contributed by atoms with Crippen molar-refractivity contribution in [3.8, 4) is 0 Å². The second-order valence-electron chi connectivity index (χ2n) is 5.49. The molecule has 1 N–H and O–H groups in total. The van der Waals surface area contributed by atoms with E-state index in [1.807, 2.05) is 61.1 Å². The van der Waals surface area contributed by atoms with E-state index in [1.165, 1.54) is 0 Å². The number of carbonyl (C=O) groups is 1. The van der Waals surface area contributed by atoms with Crippen molar-refractivity contribution in [2.45, 2.75) is 26.4 Å². The van der Waals surface area contributed by atoms with Crippen molar-refractivity contribution in [2.24, 2.45) is 0 Å². The number of carbonyl (C=O) groups excluding carboxylic acids is 1. The first-order chi connectivity index (χ1) is 11.1. The molecule has 23 heavy (non-hydrogen) atoms. The van der Waals surface area contributed by atoms with Gasteiger partial charge in [-0.05, 0) is 43.7 Å². The summed E-state index contributed by atoms with van der Waals surface area (Å²) >= 11 is 0. The predicted molar refractivity (Wildman–Crippen MR) is 88.1 cm³/mol. The highest BCUT2D eigenvalue weighted by Crippen LogP contribution is 2.15. The number of nitrogens with zero attached hydrogens (tertiary/aromatic N) is 4. The quantitative estimate of drug-likeness (QED) is 0.788. The second kappa shape index (κ2) is 6.48. The minimum Gasteiger partial charge on any atom is -0.324 e. The summed E-state index contributed by atoms with van der Waals surface area (Å²) in [5.41, 5.74) is 2.81. The maximum absolute atomic E-state index is 12.4. The van der Waals surface area contributed by atoms with Crippen LogP contribution in [0.4, 0.5) is 5.69 Å². The first-order valence-electron chi connectivity index (χ1n) is 7.51. The zero-order valence-electron chi connectivity index (χ0n) is 13.2. The molecule has 3 rings (SSSR count). The summed E-state index contributed by atoms with van der Waals surface area (Å²) in [4.78, 5) is 12.4. The van der Waals surface area contributed by atoms with Crippen LogP contribution in [0.3, 0.4) is 0 Å². The van der Waals surface area contributed by atoms with Crippen LogP contribution in [0, 0.1) is 6.92 Å². The molecule has 6 heteroatoms. The number of anilines is 1. The third-order valence-corrected chi connectivity index (χ3v) is 3.71. The van der Waals surface area contributed by atoms with Gasteiger partial charge in [0, 0.05) is 30.0 Å². The number of rotatable bonds is 5. The van der Waals surface area contributed by atoms with Gasteiger partial charge in [0.1, 0.15) is 6.04 Å². The number of hydrogen-bond acceptors (Lipinski definition) is 3. The molecule has 2 heterocycles. The van der Waals surface area contributed by atoms with Gasteiger partial charge in [-0.2, -0.15) is 10.2 Å². The standard InChI is InChI=1S/C17H19N5O/c1-13-7-9-19-22(13)14(2)17(23)20-16-6-3-5-15(11-16)12-21-10-4-8-18-21/h3-11,14H,12H2,1-2H3,(H,20,23). The Morgan fingerprint density at radius 1 is 1.22 bits per heavy atom. The lowest BCUT2D eigenvalue weighted by atomic mass is 10.2. The Kier molecular flexibility index (Phi) is 4.23. The van der Waals surface area contributed by atoms with Crippen LogP contribution in [0.15, 0.2) is 55.0 Å². The molecule has 0 aliphatic heterocycles. The lowest BCUT2D eigenvalue weighted by molar-refractivity contribution is -0.119. The van der Waals surface area contributed by atoms with Crippen molar-refractivity contribution in [1.82, 2.24) is 19.6 Å². The number of hydrogen-bond donors (Lipinski definition) is 1. The van der Waals surface area contributed by atoms with Crippen LogP contribution in [0.5, 0.6) is 0 Å². The summed E-state index contributed by atoms with van der Waals surface area (Å²) in [6.07, 6.45) is 5.36. The van der Waals surface area contributed by atoms with Gasteiger partial charge in [0.05, 0.1) is 6.54 Å². The Balaban J connectivity index is 1.70. The molecule has 0 saturated carbocycles. The number of amides is 1. The van der Waals surface area contributed by atoms with E-state index < -0.39 is 0 Å². The largest absolute Gasteiger partial charge is 0.324 e. The van der Waals surface area contributed by atoms with E-state index in [2.05, 4.69) is 15.5 Å². The molecule has 3 aromatic rings. The highest BCUT2D eigenvalue weighted by atomic mass is 16.2. The molecule has 1 unspecified atom stereocenters. The second-order valence-corrected chi connectivity index (χ2v) is 5.49. The first-order valence-corrected chi connectivity index (χ1v) is 7.51. The Bertz CT molecular complexity index is 791. The minimum atomic E-state index is -0.361. The van der Waals surface area contributed by atoms with Crippen molar-refractivity contribution in [3.05, 3.63) is 66.2 Å². The third kappa shape index (κ3) is 3.48. The fourth-order valence-corrected chi connectivity index (χ4v) is 2.47. The van der Waals surface area contributed by atoms with Crippen LogP contribution in [0.25, 0.3) is 0 Å². The molecule has 2 aromatic heterocycles. The lowest BCUT2D eigenvalue weighted by Crippen LogP contribution is -2.25. The molecule has 0 fully saturated rings. The zero-order valence-corrected chi connectivity index (χ0v) is 13.2. The smallest absolute Gasteiger partial charge is 0.248 e. The average Bonchev–Trinajstić information content (AvgIpc) is 3.18. The van der Waals surface area contributed by atoms with Crippen molar-refractivity contribution >= 4 is 11.6 Å². The maximum Gasteiger partial charge on any atom is 0.248 e. The normalized spacial score (nSPS) is 12.1. The predicted octanol–water partition coefficient (Wildman–Crippen LogP) is 2.64. The Labute approximate surface area is 134 Å². The molecule has 1 amide bonds. The first kappa shape index (κ1) is 15.0. The number of nitrogens with one attached hydrogen (secondary N) is 1. The molecule has 0 aliphatic carbocycles. The molecule has 0 bridgehead atoms. The topological polar surface area (TPSA) is 64.7 Å². The van der Waals surface area contributed by atoms with Gasteiger partial charge in [0.25, 0.3) is 0 Å². The molecular formula is C17H19N5O. The van der Waals surface area contributed by atoms with Gasteiger partial charge in [-0.25, -0.2) is 0 Å². The van der Waals surface area contributed by atoms with Gasteiger partial charge >= 0.3 is 0 Å². The molecular weight excluding hydrogens is 290 g/mol. The summed E-state index contributed by atoms with van der Waals surface area (Å²) < 4.78 is 3.56. The van der Waals surface area contributed by atoms with E-state index in [0.29, 0.717) is 6.54 Å². The van der Waals surface area contributed by atoms with Gasteiger partial charge in [0.2, 0.25) is 5.91 Å². The third-order valence-electron chi connectivity index (χ3n) is 3.71. The molecule has 0 spiro atoms. The van der Waals surface area contributed by atoms with E-state index >= 15 is 0 Å². The van der Waals surface area contributed by atoms with Crippen molar-refractivity contribution in [1.29, 1.82) is 0 Å². The van der Waals surface area contributed by atoms with Crippen molar-refractivity contribution < 1.29 is 4.79 Å². The van der Waals surface area contributed by atoms with E-state index in [0.717, 1.165) is 16.9 Å². The Hall–Kier alpha value is -2.89. The number of aryl methyl sites for hydroxylation is 1. The summed E-state index contributed by atoms with van der Waals surface area (Å²) in [5.74, 6) is -0.0898. The van der Waals surface area contributed by atoms with Gasteiger partial charge in [-0.3, -0.25) is 14.2 Å². The fourth-order valence-electron chi connectivity index (χ4n) is 2.47. The summed E-state index contributed by atoms with van der Waals surface area (Å²) in [5, 5.41) is 11.3. The molecule has 0 saturated heterocycles.